The van der Waals surface area contributed by atoms with Gasteiger partial charge in [0.25, 0.3) is 0 Å². The fraction of sp³-hybridized carbons (Fsp3) is 0. The molecule has 1 heterocycles. The van der Waals surface area contributed by atoms with E-state index in [-0.39, 0.29) is 5.43 Å². The first kappa shape index (κ1) is 18.1. The first-order valence-corrected chi connectivity index (χ1v) is 9.48. The van der Waals surface area contributed by atoms with Crippen molar-refractivity contribution in [3.8, 4) is 0 Å². The third-order valence-corrected chi connectivity index (χ3v) is 5.17. The zero-order chi connectivity index (χ0) is 20.7. The molecule has 4 aromatic carbocycles. The molecule has 0 saturated carbocycles. The van der Waals surface area contributed by atoms with Crippen LogP contribution in [0, 0.1) is 11.6 Å². The fourth-order valence-electron chi connectivity index (χ4n) is 3.60. The van der Waals surface area contributed by atoms with Gasteiger partial charge in [0, 0.05) is 22.2 Å². The van der Waals surface area contributed by atoms with E-state index in [0.717, 1.165) is 28.5 Å². The predicted molar refractivity (Wildman–Crippen MR) is 118 cm³/mol. The van der Waals surface area contributed by atoms with E-state index in [1.165, 1.54) is 0 Å². The van der Waals surface area contributed by atoms with Crippen LogP contribution < -0.4 is 5.43 Å². The molecule has 0 N–H and O–H groups in total. The van der Waals surface area contributed by atoms with Gasteiger partial charge < -0.3 is 0 Å². The van der Waals surface area contributed by atoms with Crippen molar-refractivity contribution in [3.05, 3.63) is 112 Å². The highest BCUT2D eigenvalue weighted by Gasteiger charge is 2.06. The molecule has 0 bridgehead atoms. The third-order valence-electron chi connectivity index (χ3n) is 5.17. The van der Waals surface area contributed by atoms with Crippen molar-refractivity contribution in [3.63, 3.8) is 0 Å². The van der Waals surface area contributed by atoms with Crippen molar-refractivity contribution in [1.29, 1.82) is 0 Å². The maximum Gasteiger partial charge on any atom is 0.194 e. The Morgan fingerprint density at radius 1 is 0.667 bits per heavy atom. The minimum Gasteiger partial charge on any atom is -0.289 e. The summed E-state index contributed by atoms with van der Waals surface area (Å²) in [5, 5.41) is 3.63. The molecule has 0 saturated heterocycles. The molecule has 5 rings (SSSR count). The van der Waals surface area contributed by atoms with Gasteiger partial charge >= 0.3 is 0 Å². The summed E-state index contributed by atoms with van der Waals surface area (Å²) >= 11 is 0. The molecule has 0 aliphatic carbocycles. The molecular formula is C26H15F2NO. The van der Waals surface area contributed by atoms with Crippen LogP contribution in [0.4, 0.5) is 8.78 Å². The lowest BCUT2D eigenvalue weighted by molar-refractivity contribution is 0.510. The Hall–Kier alpha value is -3.92. The zero-order valence-corrected chi connectivity index (χ0v) is 15.8. The monoisotopic (exact) mass is 395 g/mol. The Morgan fingerprint density at radius 2 is 1.37 bits per heavy atom. The standard InChI is InChI=1S/C26H15F2NO/c27-23-14-19-10-12-20(29-25(19)15-24(23)28)11-6-16-5-7-18-9-8-17-3-1-2-4-21(17)26(30)22(18)13-16/h1-15H/b11-6+. The molecule has 0 aliphatic rings. The largest absolute Gasteiger partial charge is 0.289 e. The van der Waals surface area contributed by atoms with Crippen LogP contribution in [0.25, 0.3) is 44.6 Å². The van der Waals surface area contributed by atoms with Gasteiger partial charge in [-0.2, -0.15) is 0 Å². The smallest absolute Gasteiger partial charge is 0.194 e. The minimum absolute atomic E-state index is 0.0119. The average Bonchev–Trinajstić information content (AvgIpc) is 2.90. The van der Waals surface area contributed by atoms with Crippen LogP contribution in [-0.4, -0.2) is 4.98 Å². The Morgan fingerprint density at radius 3 is 2.23 bits per heavy atom. The molecule has 0 amide bonds. The second kappa shape index (κ2) is 7.16. The van der Waals surface area contributed by atoms with E-state index in [1.54, 1.807) is 18.2 Å². The van der Waals surface area contributed by atoms with Crippen molar-refractivity contribution in [2.45, 2.75) is 0 Å². The van der Waals surface area contributed by atoms with Crippen LogP contribution >= 0.6 is 0 Å². The molecular weight excluding hydrogens is 380 g/mol. The van der Waals surface area contributed by atoms with E-state index in [9.17, 15) is 13.6 Å². The molecule has 0 unspecified atom stereocenters. The van der Waals surface area contributed by atoms with Gasteiger partial charge in [0.05, 0.1) is 11.2 Å². The average molecular weight is 395 g/mol. The molecule has 0 radical (unpaired) electrons. The van der Waals surface area contributed by atoms with Gasteiger partial charge in [-0.1, -0.05) is 60.7 Å². The van der Waals surface area contributed by atoms with Gasteiger partial charge in [-0.15, -0.1) is 0 Å². The molecule has 5 aromatic rings. The van der Waals surface area contributed by atoms with Crippen LogP contribution in [0.3, 0.4) is 0 Å². The normalized spacial score (nSPS) is 11.7. The SMILES string of the molecule is O=c1c2ccccc2ccc2ccc(/C=C/c3ccc4cc(F)c(F)cc4n3)cc12. The number of nitrogens with zero attached hydrogens (tertiary/aromatic N) is 1. The maximum absolute atomic E-state index is 13.5. The quantitative estimate of drug-likeness (QED) is 0.349. The number of rotatable bonds is 2. The van der Waals surface area contributed by atoms with E-state index < -0.39 is 11.6 Å². The molecule has 144 valence electrons. The van der Waals surface area contributed by atoms with Crippen LogP contribution in [0.5, 0.6) is 0 Å². The third kappa shape index (κ3) is 3.22. The van der Waals surface area contributed by atoms with E-state index >= 15 is 0 Å². The number of aromatic nitrogens is 1. The highest BCUT2D eigenvalue weighted by molar-refractivity contribution is 5.94. The van der Waals surface area contributed by atoms with Gasteiger partial charge in [0.1, 0.15) is 0 Å². The highest BCUT2D eigenvalue weighted by atomic mass is 19.2. The maximum atomic E-state index is 13.5. The molecule has 2 nitrogen and oxygen atoms in total. The summed E-state index contributed by atoms with van der Waals surface area (Å²) in [4.78, 5) is 17.4. The summed E-state index contributed by atoms with van der Waals surface area (Å²) in [6, 6.07) is 22.8. The lowest BCUT2D eigenvalue weighted by Gasteiger charge is -2.01. The first-order valence-electron chi connectivity index (χ1n) is 9.48. The summed E-state index contributed by atoms with van der Waals surface area (Å²) in [6.07, 6.45) is 3.63. The summed E-state index contributed by atoms with van der Waals surface area (Å²) in [5.74, 6) is -1.81. The molecule has 1 aromatic heterocycles. The first-order chi connectivity index (χ1) is 14.6. The number of benzene rings is 3. The van der Waals surface area contributed by atoms with Crippen LogP contribution in [0.15, 0.2) is 83.7 Å². The number of pyridine rings is 1. The number of hydrogen-bond donors (Lipinski definition) is 0. The Bertz CT molecular complexity index is 1540. The van der Waals surface area contributed by atoms with E-state index in [4.69, 9.17) is 0 Å². The predicted octanol–water partition coefficient (Wildman–Crippen LogP) is 6.35. The fourth-order valence-corrected chi connectivity index (χ4v) is 3.60. The van der Waals surface area contributed by atoms with Crippen LogP contribution in [0.2, 0.25) is 0 Å². The Labute approximate surface area is 170 Å². The minimum atomic E-state index is -0.922. The van der Waals surface area contributed by atoms with Crippen molar-refractivity contribution in [1.82, 2.24) is 4.98 Å². The molecule has 4 heteroatoms. The van der Waals surface area contributed by atoms with Crippen molar-refractivity contribution in [2.75, 3.05) is 0 Å². The Kier molecular flexibility index (Phi) is 4.32. The van der Waals surface area contributed by atoms with Crippen molar-refractivity contribution < 1.29 is 8.78 Å². The van der Waals surface area contributed by atoms with E-state index in [1.807, 2.05) is 60.7 Å². The topological polar surface area (TPSA) is 30.0 Å². The van der Waals surface area contributed by atoms with Crippen LogP contribution in [0.1, 0.15) is 11.3 Å². The summed E-state index contributed by atoms with van der Waals surface area (Å²) in [7, 11) is 0. The molecule has 0 aliphatic heterocycles. The van der Waals surface area contributed by atoms with Gasteiger partial charge in [-0.3, -0.25) is 4.79 Å². The van der Waals surface area contributed by atoms with Gasteiger partial charge in [0.2, 0.25) is 0 Å². The number of hydrogen-bond acceptors (Lipinski definition) is 2. The molecule has 0 spiro atoms. The van der Waals surface area contributed by atoms with Crippen molar-refractivity contribution in [2.24, 2.45) is 0 Å². The zero-order valence-electron chi connectivity index (χ0n) is 15.8. The summed E-state index contributed by atoms with van der Waals surface area (Å²) in [5.41, 5.74) is 1.83. The Balaban J connectivity index is 1.58. The summed E-state index contributed by atoms with van der Waals surface area (Å²) in [6.45, 7) is 0. The van der Waals surface area contributed by atoms with Crippen molar-refractivity contribution >= 4 is 44.6 Å². The lowest BCUT2D eigenvalue weighted by atomic mass is 10.1. The van der Waals surface area contributed by atoms with E-state index in [0.29, 0.717) is 27.4 Å². The second-order valence-electron chi connectivity index (χ2n) is 7.12. The van der Waals surface area contributed by atoms with Gasteiger partial charge in [0.15, 0.2) is 17.1 Å². The number of fused-ring (bicyclic) bond motifs is 3. The molecule has 30 heavy (non-hydrogen) atoms. The lowest BCUT2D eigenvalue weighted by Crippen LogP contribution is -1.98. The van der Waals surface area contributed by atoms with Gasteiger partial charge in [-0.05, 0) is 40.6 Å². The second-order valence-corrected chi connectivity index (χ2v) is 7.12. The van der Waals surface area contributed by atoms with Gasteiger partial charge in [-0.25, -0.2) is 13.8 Å². The van der Waals surface area contributed by atoms with Crippen LogP contribution in [-0.2, 0) is 0 Å². The highest BCUT2D eigenvalue weighted by Crippen LogP contribution is 2.20. The molecule has 0 fully saturated rings. The molecule has 0 atom stereocenters. The number of halogens is 2. The van der Waals surface area contributed by atoms with E-state index in [2.05, 4.69) is 4.98 Å². The summed E-state index contributed by atoms with van der Waals surface area (Å²) < 4.78 is 26.9.